The van der Waals surface area contributed by atoms with Crippen molar-refractivity contribution in [1.29, 1.82) is 5.41 Å². The minimum atomic E-state index is -1.61. The second kappa shape index (κ2) is 7.56. The van der Waals surface area contributed by atoms with Gasteiger partial charge in [-0.3, -0.25) is 0 Å². The Labute approximate surface area is 190 Å². The van der Waals surface area contributed by atoms with Crippen LogP contribution in [0, 0.1) is 5.41 Å². The van der Waals surface area contributed by atoms with E-state index < -0.39 is 11.2 Å². The predicted octanol–water partition coefficient (Wildman–Crippen LogP) is 5.64. The number of halogens is 2. The van der Waals surface area contributed by atoms with Gasteiger partial charge in [0, 0.05) is 22.6 Å². The first-order valence-electron chi connectivity index (χ1n) is 10.1. The Morgan fingerprint density at radius 3 is 2.52 bits per heavy atom. The Kier molecular flexibility index (Phi) is 4.97. The summed E-state index contributed by atoms with van der Waals surface area (Å²) in [5.41, 5.74) is -0.224. The molecule has 31 heavy (non-hydrogen) atoms. The maximum Gasteiger partial charge on any atom is 0.179 e. The molecule has 0 unspecified atom stereocenters. The summed E-state index contributed by atoms with van der Waals surface area (Å²) < 4.78 is 12.3. The maximum atomic E-state index is 12.2. The molecule has 0 spiro atoms. The van der Waals surface area contributed by atoms with Crippen LogP contribution in [-0.2, 0) is 11.2 Å². The zero-order valence-electron chi connectivity index (χ0n) is 16.6. The van der Waals surface area contributed by atoms with E-state index in [0.29, 0.717) is 41.0 Å². The van der Waals surface area contributed by atoms with Crippen LogP contribution >= 0.6 is 23.2 Å². The zero-order chi connectivity index (χ0) is 21.6. The van der Waals surface area contributed by atoms with Crippen LogP contribution in [-0.4, -0.2) is 23.3 Å². The molecule has 3 aromatic rings. The molecule has 0 aromatic heterocycles. The Morgan fingerprint density at radius 1 is 1.06 bits per heavy atom. The molecule has 5 rings (SSSR count). The quantitative estimate of drug-likeness (QED) is 0.491. The molecule has 2 aliphatic rings. The minimum absolute atomic E-state index is 0.226. The number of fused-ring (bicyclic) bond motifs is 3. The van der Waals surface area contributed by atoms with Crippen molar-refractivity contribution in [2.45, 2.75) is 23.5 Å². The van der Waals surface area contributed by atoms with Crippen molar-refractivity contribution in [3.05, 3.63) is 94.5 Å². The van der Waals surface area contributed by atoms with E-state index >= 15 is 0 Å². The Morgan fingerprint density at radius 2 is 1.81 bits per heavy atom. The average Bonchev–Trinajstić information content (AvgIpc) is 3.18. The fraction of sp³-hybridized carbons (Fsp3) is 0.240. The summed E-state index contributed by atoms with van der Waals surface area (Å²) in [6.45, 7) is 0.370. The lowest BCUT2D eigenvalue weighted by Gasteiger charge is -2.39. The summed E-state index contributed by atoms with van der Waals surface area (Å²) in [5, 5.41) is 21.6. The Bertz CT molecular complexity index is 1140. The van der Waals surface area contributed by atoms with Crippen LogP contribution in [0.4, 0.5) is 0 Å². The molecule has 1 saturated carbocycles. The molecule has 0 radical (unpaired) electrons. The molecular weight excluding hydrogens is 433 g/mol. The minimum Gasteiger partial charge on any atom is -0.492 e. The van der Waals surface area contributed by atoms with E-state index in [1.165, 1.54) is 0 Å². The predicted molar refractivity (Wildman–Crippen MR) is 122 cm³/mol. The molecule has 4 nitrogen and oxygen atoms in total. The van der Waals surface area contributed by atoms with Gasteiger partial charge in [-0.15, -0.1) is 11.6 Å². The number of alkyl halides is 1. The van der Waals surface area contributed by atoms with E-state index in [9.17, 15) is 5.11 Å². The lowest BCUT2D eigenvalue weighted by molar-refractivity contribution is -0.0743. The molecule has 2 N–H and O–H groups in total. The van der Waals surface area contributed by atoms with Gasteiger partial charge in [0.05, 0.1) is 11.6 Å². The summed E-state index contributed by atoms with van der Waals surface area (Å²) in [6.07, 6.45) is 0.382. The van der Waals surface area contributed by atoms with Gasteiger partial charge in [0.15, 0.2) is 11.2 Å². The molecule has 3 atom stereocenters. The SMILES string of the molecule is N=C1C[C@@H](c2ccccc2)[C@]2(c3ccc(Cl)cc3)Oc3cc(OCCCl)ccc3[C@]12O. The molecule has 1 aliphatic carbocycles. The molecule has 1 fully saturated rings. The number of aliphatic hydroxyl groups is 1. The number of rotatable bonds is 5. The molecule has 158 valence electrons. The summed E-state index contributed by atoms with van der Waals surface area (Å²) in [5.74, 6) is 1.23. The zero-order valence-corrected chi connectivity index (χ0v) is 18.2. The van der Waals surface area contributed by atoms with Crippen LogP contribution in [0.5, 0.6) is 11.5 Å². The Hall–Kier alpha value is -2.53. The number of ether oxygens (including phenoxy) is 2. The molecule has 1 aliphatic heterocycles. The third kappa shape index (κ3) is 2.89. The number of hydrogen-bond donors (Lipinski definition) is 2. The molecule has 1 heterocycles. The fourth-order valence-corrected chi connectivity index (χ4v) is 5.19. The van der Waals surface area contributed by atoms with Crippen molar-refractivity contribution in [3.63, 3.8) is 0 Å². The van der Waals surface area contributed by atoms with Gasteiger partial charge < -0.3 is 20.0 Å². The first-order chi connectivity index (χ1) is 15.0. The Balaban J connectivity index is 1.72. The van der Waals surface area contributed by atoms with E-state index in [1.807, 2.05) is 42.5 Å². The third-order valence-electron chi connectivity index (χ3n) is 6.31. The van der Waals surface area contributed by atoms with Gasteiger partial charge in [-0.05, 0) is 41.8 Å². The fourth-order valence-electron chi connectivity index (χ4n) is 4.99. The summed E-state index contributed by atoms with van der Waals surface area (Å²) in [6, 6.07) is 22.6. The van der Waals surface area contributed by atoms with Gasteiger partial charge in [0.1, 0.15) is 18.1 Å². The molecule has 6 heteroatoms. The van der Waals surface area contributed by atoms with E-state index in [4.69, 9.17) is 38.1 Å². The van der Waals surface area contributed by atoms with Crippen molar-refractivity contribution in [2.24, 2.45) is 0 Å². The normalized spacial score (nSPS) is 26.3. The number of hydrogen-bond acceptors (Lipinski definition) is 4. The molecule has 0 saturated heterocycles. The maximum absolute atomic E-state index is 12.2. The van der Waals surface area contributed by atoms with Gasteiger partial charge in [0.25, 0.3) is 0 Å². The van der Waals surface area contributed by atoms with Crippen LogP contribution in [0.1, 0.15) is 29.0 Å². The first kappa shape index (κ1) is 20.4. The number of nitrogens with one attached hydrogen (secondary N) is 1. The highest BCUT2D eigenvalue weighted by Gasteiger charge is 2.71. The summed E-state index contributed by atoms with van der Waals surface area (Å²) in [4.78, 5) is 0. The van der Waals surface area contributed by atoms with E-state index in [-0.39, 0.29) is 11.6 Å². The lowest BCUT2D eigenvalue weighted by Crippen LogP contribution is -2.50. The van der Waals surface area contributed by atoms with Crippen LogP contribution < -0.4 is 9.47 Å². The van der Waals surface area contributed by atoms with Gasteiger partial charge in [-0.2, -0.15) is 0 Å². The largest absolute Gasteiger partial charge is 0.492 e. The highest BCUT2D eigenvalue weighted by Crippen LogP contribution is 2.65. The monoisotopic (exact) mass is 453 g/mol. The first-order valence-corrected chi connectivity index (χ1v) is 11.1. The van der Waals surface area contributed by atoms with Gasteiger partial charge in [-0.1, -0.05) is 54.1 Å². The van der Waals surface area contributed by atoms with Crippen molar-refractivity contribution in [2.75, 3.05) is 12.5 Å². The third-order valence-corrected chi connectivity index (χ3v) is 6.71. The lowest BCUT2D eigenvalue weighted by atomic mass is 9.71. The van der Waals surface area contributed by atoms with Crippen LogP contribution in [0.15, 0.2) is 72.8 Å². The second-order valence-electron chi connectivity index (χ2n) is 7.90. The van der Waals surface area contributed by atoms with E-state index in [0.717, 1.165) is 11.1 Å². The van der Waals surface area contributed by atoms with E-state index in [2.05, 4.69) is 0 Å². The molecule has 0 amide bonds. The van der Waals surface area contributed by atoms with Crippen molar-refractivity contribution >= 4 is 28.9 Å². The van der Waals surface area contributed by atoms with Crippen molar-refractivity contribution in [3.8, 4) is 11.5 Å². The highest BCUT2D eigenvalue weighted by molar-refractivity contribution is 6.30. The second-order valence-corrected chi connectivity index (χ2v) is 8.71. The number of benzene rings is 3. The van der Waals surface area contributed by atoms with Crippen LogP contribution in [0.25, 0.3) is 0 Å². The summed E-state index contributed by atoms with van der Waals surface area (Å²) in [7, 11) is 0. The standard InChI is InChI=1S/C25H21Cl2NO3/c26-12-13-30-19-10-11-20-22(14-19)31-25(17-6-8-18(27)9-7-17)21(15-23(28)24(20,25)29)16-4-2-1-3-5-16/h1-11,14,21,28-29H,12-13,15H2/t21-,24-,25-/m0/s1. The van der Waals surface area contributed by atoms with Crippen LogP contribution in [0.3, 0.4) is 0 Å². The smallest absolute Gasteiger partial charge is 0.179 e. The van der Waals surface area contributed by atoms with E-state index in [1.54, 1.807) is 30.3 Å². The topological polar surface area (TPSA) is 62.5 Å². The molecular formula is C25H21Cl2NO3. The average molecular weight is 454 g/mol. The van der Waals surface area contributed by atoms with Crippen molar-refractivity contribution < 1.29 is 14.6 Å². The van der Waals surface area contributed by atoms with Crippen molar-refractivity contribution in [1.82, 2.24) is 0 Å². The van der Waals surface area contributed by atoms with Gasteiger partial charge in [0.2, 0.25) is 0 Å². The van der Waals surface area contributed by atoms with Gasteiger partial charge >= 0.3 is 0 Å². The van der Waals surface area contributed by atoms with Crippen LogP contribution in [0.2, 0.25) is 5.02 Å². The van der Waals surface area contributed by atoms with Gasteiger partial charge in [-0.25, -0.2) is 0 Å². The summed E-state index contributed by atoms with van der Waals surface area (Å²) >= 11 is 11.9. The molecule has 3 aromatic carbocycles. The highest BCUT2D eigenvalue weighted by atomic mass is 35.5. The molecule has 0 bridgehead atoms.